The van der Waals surface area contributed by atoms with E-state index in [1.54, 1.807) is 0 Å². The van der Waals surface area contributed by atoms with Crippen LogP contribution in [0.4, 0.5) is 0 Å². The molecule has 0 aromatic carbocycles. The van der Waals surface area contributed by atoms with E-state index in [0.29, 0.717) is 5.78 Å². The van der Waals surface area contributed by atoms with Crippen molar-refractivity contribution in [2.24, 2.45) is 0 Å². The first-order chi connectivity index (χ1) is 26.7. The molecule has 2 unspecified atom stereocenters. The Hall–Kier alpha value is -0.670. The van der Waals surface area contributed by atoms with E-state index in [-0.39, 0.29) is 21.8 Å². The molecule has 0 saturated carbocycles. The molecule has 2 aliphatic heterocycles. The van der Waals surface area contributed by atoms with E-state index in [0.717, 1.165) is 11.5 Å². The van der Waals surface area contributed by atoms with Crippen LogP contribution in [-0.4, -0.2) is 17.3 Å². The molecule has 0 spiro atoms. The Morgan fingerprint density at radius 3 is 0.815 bits per heavy atom. The number of allylic oxidation sites excluding steroid dienone is 4. The van der Waals surface area contributed by atoms with Crippen LogP contribution in [0.15, 0.2) is 44.9 Å². The van der Waals surface area contributed by atoms with Crippen LogP contribution >= 0.6 is 21.8 Å². The Kier molecular flexibility index (Phi) is 34.7. The van der Waals surface area contributed by atoms with Crippen molar-refractivity contribution in [3.05, 3.63) is 44.9 Å². The molecule has 2 aliphatic rings. The van der Waals surface area contributed by atoms with Gasteiger partial charge < -0.3 is 0 Å². The van der Waals surface area contributed by atoms with E-state index < -0.39 is 0 Å². The minimum atomic E-state index is -0.355. The van der Waals surface area contributed by atoms with Crippen molar-refractivity contribution >= 4 is 27.6 Å². The van der Waals surface area contributed by atoms with Gasteiger partial charge in [0.25, 0.3) is 0 Å². The highest BCUT2D eigenvalue weighted by atomic mass is 32.2. The van der Waals surface area contributed by atoms with Crippen molar-refractivity contribution in [3.8, 4) is 0 Å². The highest BCUT2D eigenvalue weighted by molar-refractivity contribution is 8.24. The number of unbranched alkanes of at least 4 members (excludes halogenated alkanes) is 34. The molecule has 0 aromatic rings. The first-order valence-corrected chi connectivity index (χ1v) is 27.8. The zero-order valence-electron chi connectivity index (χ0n) is 36.6. The van der Waals surface area contributed by atoms with Crippen molar-refractivity contribution in [2.45, 2.75) is 258 Å². The van der Waals surface area contributed by atoms with Gasteiger partial charge in [0.05, 0.1) is 0 Å². The fraction of sp³-hybridized carbons (Fsp3) is 0.824. The quantitative estimate of drug-likeness (QED) is 0.0466. The minimum absolute atomic E-state index is 0.355. The molecule has 0 saturated heterocycles. The van der Waals surface area contributed by atoms with Crippen LogP contribution < -0.4 is 0 Å². The molecule has 0 aliphatic carbocycles. The van der Waals surface area contributed by atoms with Crippen molar-refractivity contribution < 1.29 is 4.79 Å². The summed E-state index contributed by atoms with van der Waals surface area (Å²) in [6, 6.07) is 0. The van der Waals surface area contributed by atoms with Crippen LogP contribution in [0.25, 0.3) is 0 Å². The van der Waals surface area contributed by atoms with E-state index in [2.05, 4.69) is 47.6 Å². The molecule has 1 nitrogen and oxygen atoms in total. The first-order valence-electron chi connectivity index (χ1n) is 24.5. The minimum Gasteiger partial charge on any atom is -0.298 e. The molecule has 2 heterocycles. The molecule has 54 heavy (non-hydrogen) atoms. The summed E-state index contributed by atoms with van der Waals surface area (Å²) in [7, 11) is -0.710. The van der Waals surface area contributed by atoms with E-state index in [4.69, 9.17) is 0 Å². The summed E-state index contributed by atoms with van der Waals surface area (Å²) in [5.41, 5.74) is 3.01. The SMILES string of the molecule is CCCCCCCCCCCCCCCCCCCCC1=C[SH](CC(=O)C[SH]2C=CC(CCCCCCCCCCCCCCCCCCCC)=C2)C=C1. The smallest absolute Gasteiger partial charge is 0.150 e. The molecule has 3 heteroatoms. The molecule has 0 fully saturated rings. The van der Waals surface area contributed by atoms with Gasteiger partial charge in [-0.05, 0) is 58.5 Å². The lowest BCUT2D eigenvalue weighted by atomic mass is 10.0. The number of Topliss-reactive ketones (excluding diaryl/α,β-unsaturated/α-hetero) is 1. The third-order valence-corrected chi connectivity index (χ3v) is 15.8. The standard InChI is InChI=1S/C51H94OS2/c1-3-5-7-9-11-13-15-17-19-21-23-25-27-29-31-33-35-37-39-49-41-43-53(45-49)47-51(52)48-54-44-42-50(46-54)40-38-36-34-32-30-28-26-24-22-20-18-16-14-12-10-8-6-4-2/h41-46,53-54H,3-40,47-48H2,1-2H3. The topological polar surface area (TPSA) is 17.1 Å². The maximum atomic E-state index is 12.9. The lowest BCUT2D eigenvalue weighted by Gasteiger charge is -2.13. The number of thiol groups is 2. The summed E-state index contributed by atoms with van der Waals surface area (Å²) in [4.78, 5) is 12.9. The molecule has 2 rings (SSSR count). The van der Waals surface area contributed by atoms with E-state index >= 15 is 0 Å². The summed E-state index contributed by atoms with van der Waals surface area (Å²) < 4.78 is 0. The van der Waals surface area contributed by atoms with Gasteiger partial charge in [-0.3, -0.25) is 4.79 Å². The van der Waals surface area contributed by atoms with Crippen molar-refractivity contribution in [1.29, 1.82) is 0 Å². The van der Waals surface area contributed by atoms with Gasteiger partial charge in [-0.25, -0.2) is 21.8 Å². The number of ketones is 1. The van der Waals surface area contributed by atoms with Crippen LogP contribution in [0.3, 0.4) is 0 Å². The third-order valence-electron chi connectivity index (χ3n) is 12.0. The van der Waals surface area contributed by atoms with Gasteiger partial charge in [0, 0.05) is 11.5 Å². The normalized spacial score (nSPS) is 17.8. The van der Waals surface area contributed by atoms with Crippen LogP contribution in [0.5, 0.6) is 0 Å². The number of rotatable bonds is 42. The number of carbonyl (C=O) groups is 1. The second kappa shape index (κ2) is 37.9. The van der Waals surface area contributed by atoms with Crippen molar-refractivity contribution in [3.63, 3.8) is 0 Å². The van der Waals surface area contributed by atoms with Gasteiger partial charge in [-0.1, -0.05) is 244 Å². The predicted molar refractivity (Wildman–Crippen MR) is 254 cm³/mol. The second-order valence-electron chi connectivity index (χ2n) is 17.4. The zero-order chi connectivity index (χ0) is 38.4. The molecule has 316 valence electrons. The van der Waals surface area contributed by atoms with Crippen molar-refractivity contribution in [1.82, 2.24) is 0 Å². The van der Waals surface area contributed by atoms with Gasteiger partial charge >= 0.3 is 0 Å². The average Bonchev–Trinajstić information content (AvgIpc) is 3.82. The molecule has 0 N–H and O–H groups in total. The molecule has 0 aromatic heterocycles. The Labute approximate surface area is 345 Å². The lowest BCUT2D eigenvalue weighted by molar-refractivity contribution is -0.114. The number of hydrogen-bond donors (Lipinski definition) is 2. The van der Waals surface area contributed by atoms with Crippen LogP contribution in [-0.2, 0) is 4.79 Å². The predicted octanol–water partition coefficient (Wildman–Crippen LogP) is 18.2. The maximum absolute atomic E-state index is 12.9. The fourth-order valence-electron chi connectivity index (χ4n) is 8.39. The van der Waals surface area contributed by atoms with Gasteiger partial charge in [0.2, 0.25) is 0 Å². The van der Waals surface area contributed by atoms with E-state index in [1.165, 1.54) is 255 Å². The Morgan fingerprint density at radius 1 is 0.352 bits per heavy atom. The van der Waals surface area contributed by atoms with E-state index in [1.807, 2.05) is 0 Å². The maximum Gasteiger partial charge on any atom is 0.150 e. The van der Waals surface area contributed by atoms with Gasteiger partial charge in [-0.15, -0.1) is 0 Å². The summed E-state index contributed by atoms with van der Waals surface area (Å²) in [5.74, 6) is 2.02. The van der Waals surface area contributed by atoms with Crippen LogP contribution in [0.1, 0.15) is 258 Å². The Morgan fingerprint density at radius 2 is 0.574 bits per heavy atom. The van der Waals surface area contributed by atoms with Gasteiger partial charge in [-0.2, -0.15) is 0 Å². The average molecular weight is 787 g/mol. The fourth-order valence-corrected chi connectivity index (χ4v) is 12.2. The van der Waals surface area contributed by atoms with Crippen LogP contribution in [0.2, 0.25) is 0 Å². The Bertz CT molecular complexity index is 900. The van der Waals surface area contributed by atoms with Crippen molar-refractivity contribution in [2.75, 3.05) is 11.5 Å². The Balaban J connectivity index is 1.33. The molecule has 0 amide bonds. The zero-order valence-corrected chi connectivity index (χ0v) is 38.3. The molecule has 0 bridgehead atoms. The summed E-state index contributed by atoms with van der Waals surface area (Å²) in [6.45, 7) is 4.61. The summed E-state index contributed by atoms with van der Waals surface area (Å²) in [5, 5.41) is 9.63. The van der Waals surface area contributed by atoms with Crippen LogP contribution in [0, 0.1) is 0 Å². The summed E-state index contributed by atoms with van der Waals surface area (Å²) in [6.07, 6.45) is 58.7. The second-order valence-corrected chi connectivity index (χ2v) is 21.2. The first kappa shape index (κ1) is 49.5. The summed E-state index contributed by atoms with van der Waals surface area (Å²) >= 11 is 0. The largest absolute Gasteiger partial charge is 0.298 e. The lowest BCUT2D eigenvalue weighted by Crippen LogP contribution is -2.07. The van der Waals surface area contributed by atoms with E-state index in [9.17, 15) is 4.79 Å². The monoisotopic (exact) mass is 787 g/mol. The number of hydrogen-bond acceptors (Lipinski definition) is 1. The highest BCUT2D eigenvalue weighted by Gasteiger charge is 2.15. The highest BCUT2D eigenvalue weighted by Crippen LogP contribution is 2.41. The molecule has 0 radical (unpaired) electrons. The van der Waals surface area contributed by atoms with Gasteiger partial charge in [0.1, 0.15) is 5.78 Å². The van der Waals surface area contributed by atoms with Gasteiger partial charge in [0.15, 0.2) is 0 Å². The number of carbonyl (C=O) groups excluding carboxylic acids is 1. The molecular formula is C51H94OS2. The third kappa shape index (κ3) is 30.5. The molecule has 2 atom stereocenters. The molecular weight excluding hydrogens is 693 g/mol.